The van der Waals surface area contributed by atoms with Gasteiger partial charge in [-0.15, -0.1) is 10.2 Å². The number of ether oxygens (including phenoxy) is 2. The molecule has 0 aliphatic rings. The molecule has 4 N–H and O–H groups in total. The molecule has 9 nitrogen and oxygen atoms in total. The SMILES string of the molecule is COc1cc(/C=N/Nc2nnc(C)n2N)cc(OC)c1O. The van der Waals surface area contributed by atoms with E-state index >= 15 is 0 Å². The van der Waals surface area contributed by atoms with Crippen LogP contribution >= 0.6 is 0 Å². The van der Waals surface area contributed by atoms with E-state index in [0.717, 1.165) is 0 Å². The van der Waals surface area contributed by atoms with E-state index in [9.17, 15) is 5.11 Å². The Morgan fingerprint density at radius 1 is 1.29 bits per heavy atom. The normalized spacial score (nSPS) is 10.8. The molecular formula is C12H16N6O3. The summed E-state index contributed by atoms with van der Waals surface area (Å²) in [6, 6.07) is 3.23. The number of phenols is 1. The van der Waals surface area contributed by atoms with Gasteiger partial charge in [0.2, 0.25) is 5.75 Å². The first-order valence-electron chi connectivity index (χ1n) is 5.98. The third-order valence-electron chi connectivity index (χ3n) is 2.75. The summed E-state index contributed by atoms with van der Waals surface area (Å²) in [5.74, 6) is 7.04. The minimum absolute atomic E-state index is 0.0672. The van der Waals surface area contributed by atoms with Gasteiger partial charge in [-0.05, 0) is 19.1 Å². The zero-order valence-corrected chi connectivity index (χ0v) is 11.9. The Labute approximate surface area is 121 Å². The predicted octanol–water partition coefficient (Wildman–Crippen LogP) is 0.469. The maximum Gasteiger partial charge on any atom is 0.263 e. The number of hydrogen-bond acceptors (Lipinski definition) is 8. The number of phenolic OH excluding ortho intramolecular Hbond substituents is 1. The topological polar surface area (TPSA) is 120 Å². The highest BCUT2D eigenvalue weighted by Crippen LogP contribution is 2.36. The summed E-state index contributed by atoms with van der Waals surface area (Å²) >= 11 is 0. The Morgan fingerprint density at radius 3 is 2.38 bits per heavy atom. The van der Waals surface area contributed by atoms with Crippen molar-refractivity contribution < 1.29 is 14.6 Å². The van der Waals surface area contributed by atoms with Crippen molar-refractivity contribution in [1.82, 2.24) is 14.9 Å². The first-order valence-corrected chi connectivity index (χ1v) is 5.98. The number of nitrogens with zero attached hydrogens (tertiary/aromatic N) is 4. The second-order valence-electron chi connectivity index (χ2n) is 4.08. The average Bonchev–Trinajstić information content (AvgIpc) is 2.80. The highest BCUT2D eigenvalue weighted by Gasteiger charge is 2.10. The summed E-state index contributed by atoms with van der Waals surface area (Å²) in [5, 5.41) is 21.4. The quantitative estimate of drug-likeness (QED) is 0.416. The van der Waals surface area contributed by atoms with Crippen LogP contribution in [0.15, 0.2) is 17.2 Å². The number of nitrogens with two attached hydrogens (primary N) is 1. The molecule has 2 rings (SSSR count). The summed E-state index contributed by atoms with van der Waals surface area (Å²) in [6.07, 6.45) is 1.51. The monoisotopic (exact) mass is 292 g/mol. The van der Waals surface area contributed by atoms with Crippen molar-refractivity contribution in [2.45, 2.75) is 6.92 Å². The molecule has 0 aliphatic heterocycles. The summed E-state index contributed by atoms with van der Waals surface area (Å²) in [4.78, 5) is 0. The van der Waals surface area contributed by atoms with Crippen molar-refractivity contribution >= 4 is 12.2 Å². The van der Waals surface area contributed by atoms with Crippen LogP contribution in [0, 0.1) is 6.92 Å². The van der Waals surface area contributed by atoms with Gasteiger partial charge in [0, 0.05) is 5.56 Å². The number of aryl methyl sites for hydroxylation is 1. The smallest absolute Gasteiger partial charge is 0.263 e. The molecule has 21 heavy (non-hydrogen) atoms. The zero-order chi connectivity index (χ0) is 15.4. The molecule has 0 unspecified atom stereocenters. The number of benzene rings is 1. The summed E-state index contributed by atoms with van der Waals surface area (Å²) in [6.45, 7) is 1.72. The van der Waals surface area contributed by atoms with Gasteiger partial charge in [0.15, 0.2) is 17.3 Å². The Hall–Kier alpha value is -2.97. The van der Waals surface area contributed by atoms with Crippen LogP contribution in [0.5, 0.6) is 17.2 Å². The van der Waals surface area contributed by atoms with Crippen LogP contribution in [0.1, 0.15) is 11.4 Å². The minimum atomic E-state index is -0.0672. The number of methoxy groups -OCH3 is 2. The first kappa shape index (κ1) is 14.4. The lowest BCUT2D eigenvalue weighted by Crippen LogP contribution is -2.13. The molecule has 0 amide bonds. The third-order valence-corrected chi connectivity index (χ3v) is 2.75. The maximum absolute atomic E-state index is 9.81. The van der Waals surface area contributed by atoms with Crippen molar-refractivity contribution in [2.75, 3.05) is 25.5 Å². The van der Waals surface area contributed by atoms with E-state index < -0.39 is 0 Å². The van der Waals surface area contributed by atoms with E-state index in [1.807, 2.05) is 0 Å². The van der Waals surface area contributed by atoms with Crippen LogP contribution in [0.2, 0.25) is 0 Å². The number of anilines is 1. The average molecular weight is 292 g/mol. The highest BCUT2D eigenvalue weighted by atomic mass is 16.5. The second-order valence-corrected chi connectivity index (χ2v) is 4.08. The second kappa shape index (κ2) is 5.99. The van der Waals surface area contributed by atoms with Crippen LogP contribution in [-0.2, 0) is 0 Å². The molecule has 1 heterocycles. The molecule has 112 valence electrons. The number of nitrogens with one attached hydrogen (secondary N) is 1. The molecule has 0 radical (unpaired) electrons. The van der Waals surface area contributed by atoms with Gasteiger partial charge in [-0.25, -0.2) is 10.1 Å². The Bertz CT molecular complexity index is 642. The van der Waals surface area contributed by atoms with Crippen LogP contribution in [0.25, 0.3) is 0 Å². The summed E-state index contributed by atoms with van der Waals surface area (Å²) in [7, 11) is 2.90. The molecule has 9 heteroatoms. The van der Waals surface area contributed by atoms with Gasteiger partial charge in [-0.2, -0.15) is 5.10 Å². The number of hydrogen-bond donors (Lipinski definition) is 3. The molecule has 0 fully saturated rings. The molecule has 0 saturated heterocycles. The zero-order valence-electron chi connectivity index (χ0n) is 11.9. The van der Waals surface area contributed by atoms with Crippen molar-refractivity contribution in [3.63, 3.8) is 0 Å². The van der Waals surface area contributed by atoms with Crippen molar-refractivity contribution in [2.24, 2.45) is 5.10 Å². The molecular weight excluding hydrogens is 276 g/mol. The molecule has 0 saturated carbocycles. The molecule has 0 bridgehead atoms. The summed E-state index contributed by atoms with van der Waals surface area (Å²) in [5.41, 5.74) is 3.32. The maximum atomic E-state index is 9.81. The lowest BCUT2D eigenvalue weighted by atomic mass is 10.2. The van der Waals surface area contributed by atoms with Gasteiger partial charge in [0.1, 0.15) is 0 Å². The van der Waals surface area contributed by atoms with Gasteiger partial charge < -0.3 is 20.4 Å². The Kier molecular flexibility index (Phi) is 4.12. The van der Waals surface area contributed by atoms with E-state index in [0.29, 0.717) is 17.3 Å². The van der Waals surface area contributed by atoms with Crippen molar-refractivity contribution in [1.29, 1.82) is 0 Å². The Morgan fingerprint density at radius 2 is 1.90 bits per heavy atom. The number of aromatic nitrogens is 3. The molecule has 0 atom stereocenters. The van der Waals surface area contributed by atoms with Gasteiger partial charge >= 0.3 is 0 Å². The molecule has 1 aromatic carbocycles. The van der Waals surface area contributed by atoms with E-state index in [1.54, 1.807) is 19.1 Å². The highest BCUT2D eigenvalue weighted by molar-refractivity contribution is 5.82. The van der Waals surface area contributed by atoms with Gasteiger partial charge in [-0.1, -0.05) is 0 Å². The van der Waals surface area contributed by atoms with Crippen LogP contribution in [0.3, 0.4) is 0 Å². The Balaban J connectivity index is 2.19. The molecule has 2 aromatic rings. The number of nitrogen functional groups attached to an aromatic ring is 1. The minimum Gasteiger partial charge on any atom is -0.502 e. The van der Waals surface area contributed by atoms with E-state index in [-0.39, 0.29) is 17.2 Å². The fourth-order valence-corrected chi connectivity index (χ4v) is 1.60. The van der Waals surface area contributed by atoms with E-state index in [2.05, 4.69) is 20.7 Å². The van der Waals surface area contributed by atoms with Crippen LogP contribution < -0.4 is 20.7 Å². The molecule has 0 spiro atoms. The standard InChI is InChI=1S/C12H16N6O3/c1-7-15-17-12(18(7)13)16-14-6-8-4-9(20-2)11(19)10(5-8)21-3/h4-6,19H,13H2,1-3H3,(H,16,17)/b14-6+. The lowest BCUT2D eigenvalue weighted by molar-refractivity contribution is 0.340. The van der Waals surface area contributed by atoms with Gasteiger partial charge in [-0.3, -0.25) is 0 Å². The molecule has 1 aromatic heterocycles. The number of aromatic hydroxyl groups is 1. The lowest BCUT2D eigenvalue weighted by Gasteiger charge is -2.09. The van der Waals surface area contributed by atoms with E-state index in [4.69, 9.17) is 15.3 Å². The van der Waals surface area contributed by atoms with Crippen molar-refractivity contribution in [3.05, 3.63) is 23.5 Å². The van der Waals surface area contributed by atoms with Gasteiger partial charge in [0.25, 0.3) is 5.95 Å². The van der Waals surface area contributed by atoms with Gasteiger partial charge in [0.05, 0.1) is 20.4 Å². The van der Waals surface area contributed by atoms with Crippen molar-refractivity contribution in [3.8, 4) is 17.2 Å². The molecule has 0 aliphatic carbocycles. The predicted molar refractivity (Wildman–Crippen MR) is 77.3 cm³/mol. The fraction of sp³-hybridized carbons (Fsp3) is 0.250. The van der Waals surface area contributed by atoms with Crippen LogP contribution in [-0.4, -0.2) is 40.4 Å². The van der Waals surface area contributed by atoms with Crippen LogP contribution in [0.4, 0.5) is 5.95 Å². The third kappa shape index (κ3) is 2.96. The first-order chi connectivity index (χ1) is 10.1. The number of hydrazone groups is 1. The number of rotatable bonds is 5. The fourth-order valence-electron chi connectivity index (χ4n) is 1.60. The van der Waals surface area contributed by atoms with E-state index in [1.165, 1.54) is 25.1 Å². The largest absolute Gasteiger partial charge is 0.502 e. The summed E-state index contributed by atoms with van der Waals surface area (Å²) < 4.78 is 11.4.